The summed E-state index contributed by atoms with van der Waals surface area (Å²) in [5, 5.41) is 3.83. The van der Waals surface area contributed by atoms with Crippen LogP contribution in [-0.2, 0) is 0 Å². The van der Waals surface area contributed by atoms with E-state index >= 15 is 0 Å². The molecule has 1 fully saturated rings. The maximum absolute atomic E-state index is 6.00. The second kappa shape index (κ2) is 3.92. The van der Waals surface area contributed by atoms with E-state index in [2.05, 4.69) is 20.2 Å². The molecule has 0 radical (unpaired) electrons. The Morgan fingerprint density at radius 1 is 1.38 bits per heavy atom. The highest BCUT2D eigenvalue weighted by molar-refractivity contribution is 6.34. The molecule has 3 heterocycles. The molecular weight excluding hydrogens is 228 g/mol. The van der Waals surface area contributed by atoms with Gasteiger partial charge in [0.2, 0.25) is 5.65 Å². The van der Waals surface area contributed by atoms with Crippen LogP contribution in [0.25, 0.3) is 11.2 Å². The van der Waals surface area contributed by atoms with Crippen molar-refractivity contribution in [2.24, 2.45) is 0 Å². The molecule has 16 heavy (non-hydrogen) atoms. The Hall–Kier alpha value is -1.33. The standard InChI is InChI=1S/C10H11ClN4O/c11-7-1-2-13-9-8(7)16-10(14-9)15-5-3-12-4-6-15/h1-2,12H,3-6H2. The molecule has 0 spiro atoms. The molecule has 0 amide bonds. The highest BCUT2D eigenvalue weighted by atomic mass is 35.5. The van der Waals surface area contributed by atoms with E-state index in [0.717, 1.165) is 26.2 Å². The van der Waals surface area contributed by atoms with E-state index in [1.54, 1.807) is 12.3 Å². The summed E-state index contributed by atoms with van der Waals surface area (Å²) < 4.78 is 5.63. The fraction of sp³-hybridized carbons (Fsp3) is 0.400. The van der Waals surface area contributed by atoms with Crippen LogP contribution in [0.1, 0.15) is 0 Å². The molecule has 3 rings (SSSR count). The Morgan fingerprint density at radius 3 is 2.94 bits per heavy atom. The largest absolute Gasteiger partial charge is 0.420 e. The van der Waals surface area contributed by atoms with Crippen LogP contribution in [0.15, 0.2) is 16.7 Å². The Kier molecular flexibility index (Phi) is 2.41. The Bertz CT molecular complexity index is 506. The van der Waals surface area contributed by atoms with Crippen molar-refractivity contribution in [3.8, 4) is 0 Å². The van der Waals surface area contributed by atoms with Gasteiger partial charge in [-0.25, -0.2) is 4.98 Å². The van der Waals surface area contributed by atoms with Gasteiger partial charge in [0.15, 0.2) is 5.58 Å². The molecular formula is C10H11ClN4O. The van der Waals surface area contributed by atoms with Gasteiger partial charge in [-0.3, -0.25) is 0 Å². The third kappa shape index (κ3) is 1.62. The molecule has 0 saturated carbocycles. The Labute approximate surface area is 97.4 Å². The molecule has 0 bridgehead atoms. The minimum Gasteiger partial charge on any atom is -0.420 e. The van der Waals surface area contributed by atoms with Crippen molar-refractivity contribution in [2.45, 2.75) is 0 Å². The van der Waals surface area contributed by atoms with Crippen molar-refractivity contribution in [1.82, 2.24) is 15.3 Å². The van der Waals surface area contributed by atoms with Crippen LogP contribution < -0.4 is 10.2 Å². The third-order valence-electron chi connectivity index (χ3n) is 2.62. The van der Waals surface area contributed by atoms with Gasteiger partial charge in [0.25, 0.3) is 6.01 Å². The normalized spacial score (nSPS) is 16.9. The number of nitrogens with one attached hydrogen (secondary N) is 1. The first-order valence-corrected chi connectivity index (χ1v) is 5.59. The maximum Gasteiger partial charge on any atom is 0.300 e. The third-order valence-corrected chi connectivity index (χ3v) is 2.92. The first-order chi connectivity index (χ1) is 7.84. The molecule has 6 heteroatoms. The Balaban J connectivity index is 2.01. The number of hydrogen-bond donors (Lipinski definition) is 1. The average Bonchev–Trinajstić information content (AvgIpc) is 2.76. The van der Waals surface area contributed by atoms with E-state index in [-0.39, 0.29) is 0 Å². The number of oxazole rings is 1. The van der Waals surface area contributed by atoms with Gasteiger partial charge < -0.3 is 14.6 Å². The number of halogens is 1. The second-order valence-corrected chi connectivity index (χ2v) is 4.09. The van der Waals surface area contributed by atoms with Crippen LogP contribution in [-0.4, -0.2) is 36.1 Å². The zero-order valence-corrected chi connectivity index (χ0v) is 9.37. The lowest BCUT2D eigenvalue weighted by atomic mass is 10.4. The van der Waals surface area contributed by atoms with Crippen LogP contribution >= 0.6 is 11.6 Å². The van der Waals surface area contributed by atoms with E-state index < -0.39 is 0 Å². The van der Waals surface area contributed by atoms with Crippen molar-refractivity contribution in [1.29, 1.82) is 0 Å². The zero-order chi connectivity index (χ0) is 11.0. The molecule has 2 aromatic heterocycles. The molecule has 1 N–H and O–H groups in total. The number of hydrogen-bond acceptors (Lipinski definition) is 5. The number of pyridine rings is 1. The van der Waals surface area contributed by atoms with Gasteiger partial charge in [-0.2, -0.15) is 4.98 Å². The fourth-order valence-corrected chi connectivity index (χ4v) is 1.96. The van der Waals surface area contributed by atoms with Crippen molar-refractivity contribution in [2.75, 3.05) is 31.1 Å². The summed E-state index contributed by atoms with van der Waals surface area (Å²) in [6.07, 6.45) is 1.63. The highest BCUT2D eigenvalue weighted by Gasteiger charge is 2.17. The van der Waals surface area contributed by atoms with E-state index in [9.17, 15) is 0 Å². The number of anilines is 1. The SMILES string of the molecule is Clc1ccnc2nc(N3CCNCC3)oc12. The number of rotatable bonds is 1. The molecule has 1 aliphatic rings. The summed E-state index contributed by atoms with van der Waals surface area (Å²) in [4.78, 5) is 10.6. The zero-order valence-electron chi connectivity index (χ0n) is 8.61. The van der Waals surface area contributed by atoms with Gasteiger partial charge in [0.05, 0.1) is 5.02 Å². The van der Waals surface area contributed by atoms with Gasteiger partial charge in [-0.05, 0) is 6.07 Å². The lowest BCUT2D eigenvalue weighted by molar-refractivity contribution is 0.517. The molecule has 1 aliphatic heterocycles. The van der Waals surface area contributed by atoms with Crippen molar-refractivity contribution in [3.05, 3.63) is 17.3 Å². The van der Waals surface area contributed by atoms with Crippen molar-refractivity contribution < 1.29 is 4.42 Å². The summed E-state index contributed by atoms with van der Waals surface area (Å²) in [6.45, 7) is 3.68. The molecule has 0 unspecified atom stereocenters. The van der Waals surface area contributed by atoms with E-state index in [1.165, 1.54) is 0 Å². The number of piperazine rings is 1. The van der Waals surface area contributed by atoms with Gasteiger partial charge in [0, 0.05) is 32.4 Å². The van der Waals surface area contributed by atoms with Crippen LogP contribution in [0.2, 0.25) is 5.02 Å². The predicted molar refractivity (Wildman–Crippen MR) is 61.9 cm³/mol. The van der Waals surface area contributed by atoms with Crippen LogP contribution in [0.5, 0.6) is 0 Å². The topological polar surface area (TPSA) is 54.2 Å². The molecule has 5 nitrogen and oxygen atoms in total. The van der Waals surface area contributed by atoms with Crippen molar-refractivity contribution >= 4 is 28.8 Å². The Morgan fingerprint density at radius 2 is 2.19 bits per heavy atom. The smallest absolute Gasteiger partial charge is 0.300 e. The molecule has 2 aromatic rings. The number of aromatic nitrogens is 2. The summed E-state index contributed by atoms with van der Waals surface area (Å²) in [5.41, 5.74) is 1.14. The maximum atomic E-state index is 6.00. The van der Waals surface area contributed by atoms with Gasteiger partial charge in [-0.1, -0.05) is 11.6 Å². The van der Waals surface area contributed by atoms with Gasteiger partial charge >= 0.3 is 0 Å². The summed E-state index contributed by atoms with van der Waals surface area (Å²) in [6, 6.07) is 2.31. The summed E-state index contributed by atoms with van der Waals surface area (Å²) in [7, 11) is 0. The summed E-state index contributed by atoms with van der Waals surface area (Å²) in [5.74, 6) is 0. The lowest BCUT2D eigenvalue weighted by Crippen LogP contribution is -2.43. The first-order valence-electron chi connectivity index (χ1n) is 5.21. The quantitative estimate of drug-likeness (QED) is 0.811. The van der Waals surface area contributed by atoms with Crippen LogP contribution in [0.3, 0.4) is 0 Å². The number of nitrogens with zero attached hydrogens (tertiary/aromatic N) is 3. The minimum absolute atomic E-state index is 0.555. The molecule has 1 saturated heterocycles. The molecule has 0 atom stereocenters. The number of fused-ring (bicyclic) bond motifs is 1. The minimum atomic E-state index is 0.555. The van der Waals surface area contributed by atoms with Crippen LogP contribution in [0.4, 0.5) is 6.01 Å². The van der Waals surface area contributed by atoms with E-state index in [0.29, 0.717) is 22.3 Å². The lowest BCUT2D eigenvalue weighted by Gasteiger charge is -2.25. The molecule has 0 aliphatic carbocycles. The summed E-state index contributed by atoms with van der Waals surface area (Å²) >= 11 is 6.00. The first kappa shape index (κ1) is 9.86. The molecule has 84 valence electrons. The highest BCUT2D eigenvalue weighted by Crippen LogP contribution is 2.26. The van der Waals surface area contributed by atoms with Gasteiger partial charge in [-0.15, -0.1) is 0 Å². The fourth-order valence-electron chi connectivity index (χ4n) is 1.78. The van der Waals surface area contributed by atoms with Crippen molar-refractivity contribution in [3.63, 3.8) is 0 Å². The average molecular weight is 239 g/mol. The molecule has 0 aromatic carbocycles. The predicted octanol–water partition coefficient (Wildman–Crippen LogP) is 1.29. The second-order valence-electron chi connectivity index (χ2n) is 3.68. The van der Waals surface area contributed by atoms with Gasteiger partial charge in [0.1, 0.15) is 0 Å². The van der Waals surface area contributed by atoms with Crippen LogP contribution in [0, 0.1) is 0 Å². The van der Waals surface area contributed by atoms with E-state index in [4.69, 9.17) is 16.0 Å². The monoisotopic (exact) mass is 238 g/mol. The van der Waals surface area contributed by atoms with E-state index in [1.807, 2.05) is 0 Å².